The van der Waals surface area contributed by atoms with Gasteiger partial charge in [0.25, 0.3) is 0 Å². The highest BCUT2D eigenvalue weighted by Crippen LogP contribution is 2.57. The van der Waals surface area contributed by atoms with Crippen LogP contribution in [0.2, 0.25) is 0 Å². The second kappa shape index (κ2) is 11.0. The number of furan rings is 1. The van der Waals surface area contributed by atoms with Gasteiger partial charge in [0.05, 0.1) is 5.69 Å². The van der Waals surface area contributed by atoms with Crippen molar-refractivity contribution >= 4 is 70.5 Å². The van der Waals surface area contributed by atoms with E-state index in [4.69, 9.17) is 4.42 Å². The lowest BCUT2D eigenvalue weighted by Crippen LogP contribution is -2.21. The fourth-order valence-electron chi connectivity index (χ4n) is 10.0. The summed E-state index contributed by atoms with van der Waals surface area (Å²) in [5.74, 6) is 0. The normalized spacial score (nSPS) is 15.1. The van der Waals surface area contributed by atoms with Crippen molar-refractivity contribution in [1.82, 2.24) is 0 Å². The fourth-order valence-corrected chi connectivity index (χ4v) is 11.5. The van der Waals surface area contributed by atoms with Crippen LogP contribution in [-0.4, -0.2) is 0 Å². The van der Waals surface area contributed by atoms with Crippen molar-refractivity contribution in [3.8, 4) is 22.3 Å². The molecule has 2 nitrogen and oxygen atoms in total. The average Bonchev–Trinajstić information content (AvgIpc) is 3.86. The van der Waals surface area contributed by atoms with Gasteiger partial charge in [-0.3, -0.25) is 0 Å². The predicted octanol–water partition coefficient (Wildman–Crippen LogP) is 15.3. The minimum atomic E-state index is -0.248. The maximum Gasteiger partial charge on any atom is 0.135 e. The molecular formula is C52H43NOS. The molecule has 0 atom stereocenters. The number of rotatable bonds is 3. The van der Waals surface area contributed by atoms with Crippen LogP contribution in [0.5, 0.6) is 0 Å². The molecule has 0 radical (unpaired) electrons. The summed E-state index contributed by atoms with van der Waals surface area (Å²) in [4.78, 5) is 2.51. The Bertz CT molecular complexity index is 3090. The molecule has 0 aliphatic heterocycles. The topological polar surface area (TPSA) is 16.4 Å². The van der Waals surface area contributed by atoms with Crippen molar-refractivity contribution in [2.45, 2.75) is 64.7 Å². The van der Waals surface area contributed by atoms with Crippen molar-refractivity contribution in [2.75, 3.05) is 4.90 Å². The largest absolute Gasteiger partial charge is 0.456 e. The lowest BCUT2D eigenvalue weighted by Gasteiger charge is -2.33. The third-order valence-corrected chi connectivity index (χ3v) is 14.0. The molecule has 0 unspecified atom stereocenters. The van der Waals surface area contributed by atoms with Crippen LogP contribution in [0, 0.1) is 0 Å². The Morgan fingerprint density at radius 1 is 0.509 bits per heavy atom. The van der Waals surface area contributed by atoms with Crippen molar-refractivity contribution in [3.63, 3.8) is 0 Å². The molecule has 2 aliphatic carbocycles. The van der Waals surface area contributed by atoms with Crippen LogP contribution in [0.1, 0.15) is 76.3 Å². The van der Waals surface area contributed by atoms with E-state index in [0.717, 1.165) is 33.3 Å². The van der Waals surface area contributed by atoms with Crippen molar-refractivity contribution < 1.29 is 4.42 Å². The molecule has 2 heterocycles. The van der Waals surface area contributed by atoms with Gasteiger partial charge >= 0.3 is 0 Å². The zero-order valence-corrected chi connectivity index (χ0v) is 33.3. The maximum absolute atomic E-state index is 6.34. The summed E-state index contributed by atoms with van der Waals surface area (Å²) in [6.45, 7) is 16.6. The van der Waals surface area contributed by atoms with E-state index >= 15 is 0 Å². The summed E-state index contributed by atoms with van der Waals surface area (Å²) < 4.78 is 9.11. The van der Waals surface area contributed by atoms with Crippen LogP contribution in [0.3, 0.4) is 0 Å². The molecule has 11 rings (SSSR count). The summed E-state index contributed by atoms with van der Waals surface area (Å²) in [6, 6.07) is 50.0. The lowest BCUT2D eigenvalue weighted by molar-refractivity contribution is 0.597. The first-order valence-corrected chi connectivity index (χ1v) is 20.3. The van der Waals surface area contributed by atoms with Gasteiger partial charge < -0.3 is 9.32 Å². The summed E-state index contributed by atoms with van der Waals surface area (Å²) >= 11 is 1.95. The molecule has 268 valence electrons. The molecule has 0 fully saturated rings. The number of thiophene rings is 1. The predicted molar refractivity (Wildman–Crippen MR) is 235 cm³/mol. The van der Waals surface area contributed by atoms with Gasteiger partial charge in [0, 0.05) is 53.1 Å². The smallest absolute Gasteiger partial charge is 0.135 e. The molecule has 0 spiro atoms. The number of fused-ring (bicyclic) bond motifs is 12. The molecule has 2 aliphatic rings. The second-order valence-corrected chi connectivity index (χ2v) is 18.8. The maximum atomic E-state index is 6.34. The van der Waals surface area contributed by atoms with Crippen LogP contribution in [0.25, 0.3) is 64.4 Å². The number of hydrogen-bond donors (Lipinski definition) is 0. The Morgan fingerprint density at radius 3 is 2.04 bits per heavy atom. The molecule has 0 bridgehead atoms. The Morgan fingerprint density at radius 2 is 1.18 bits per heavy atom. The third kappa shape index (κ3) is 4.48. The van der Waals surface area contributed by atoms with Crippen LogP contribution in [-0.2, 0) is 16.2 Å². The Hall–Kier alpha value is -5.64. The van der Waals surface area contributed by atoms with E-state index in [2.05, 4.69) is 181 Å². The minimum Gasteiger partial charge on any atom is -0.456 e. The SMILES string of the molecule is CC(C)(C)c1cccc2c1sc1cc3c(cc12)C(C)(C)c1c-3cccc1N(c1ccc2c(c1)C(C)(C)c1ccccc1-2)c1ccc2oc3ccccc3c2c1. The molecule has 0 amide bonds. The summed E-state index contributed by atoms with van der Waals surface area (Å²) in [7, 11) is 0. The van der Waals surface area contributed by atoms with Crippen molar-refractivity contribution in [2.24, 2.45) is 0 Å². The van der Waals surface area contributed by atoms with Crippen molar-refractivity contribution in [3.05, 3.63) is 161 Å². The Kier molecular flexibility index (Phi) is 6.54. The first-order valence-electron chi connectivity index (χ1n) is 19.5. The molecule has 0 N–H and O–H groups in total. The van der Waals surface area contributed by atoms with Gasteiger partial charge in [-0.1, -0.05) is 127 Å². The highest BCUT2D eigenvalue weighted by molar-refractivity contribution is 7.26. The molecule has 0 saturated carbocycles. The Labute approximate surface area is 326 Å². The lowest BCUT2D eigenvalue weighted by atomic mass is 9.80. The molecule has 3 heteroatoms. The van der Waals surface area contributed by atoms with E-state index in [-0.39, 0.29) is 16.2 Å². The monoisotopic (exact) mass is 729 g/mol. The number of nitrogens with zero attached hydrogens (tertiary/aromatic N) is 1. The zero-order valence-electron chi connectivity index (χ0n) is 32.5. The van der Waals surface area contributed by atoms with Crippen LogP contribution in [0.15, 0.2) is 138 Å². The Balaban J connectivity index is 1.16. The van der Waals surface area contributed by atoms with Gasteiger partial charge in [-0.05, 0) is 110 Å². The van der Waals surface area contributed by atoms with E-state index in [1.807, 2.05) is 17.4 Å². The van der Waals surface area contributed by atoms with E-state index in [9.17, 15) is 0 Å². The van der Waals surface area contributed by atoms with E-state index < -0.39 is 0 Å². The average molecular weight is 730 g/mol. The van der Waals surface area contributed by atoms with Crippen molar-refractivity contribution in [1.29, 1.82) is 0 Å². The van der Waals surface area contributed by atoms with Gasteiger partial charge in [0.15, 0.2) is 0 Å². The third-order valence-electron chi connectivity index (χ3n) is 12.8. The molecule has 2 aromatic heterocycles. The van der Waals surface area contributed by atoms with Crippen LogP contribution >= 0.6 is 11.3 Å². The van der Waals surface area contributed by atoms with Gasteiger partial charge in [-0.2, -0.15) is 0 Å². The molecule has 0 saturated heterocycles. The number of hydrogen-bond acceptors (Lipinski definition) is 3. The summed E-state index contributed by atoms with van der Waals surface area (Å²) in [5.41, 5.74) is 17.3. The van der Waals surface area contributed by atoms with Gasteiger partial charge in [-0.25, -0.2) is 0 Å². The van der Waals surface area contributed by atoms with Gasteiger partial charge in [-0.15, -0.1) is 11.3 Å². The molecule has 9 aromatic rings. The molecule has 7 aromatic carbocycles. The van der Waals surface area contributed by atoms with Crippen LogP contribution < -0.4 is 4.90 Å². The first-order chi connectivity index (χ1) is 26.4. The molecule has 55 heavy (non-hydrogen) atoms. The second-order valence-electron chi connectivity index (χ2n) is 17.8. The standard InChI is InChI=1S/C52H43NOS/c1-50(2,3)41-19-12-17-36-39-28-43-37(29-47(39)55-49(36)41)35-16-13-20-44(48(35)52(43,6)7)53(30-23-25-46-38(26-30)34-15-9-11-21-45(34)54-46)31-22-24-33-32-14-8-10-18-40(32)51(4,5)42(33)27-31/h8-29H,1-7H3. The van der Waals surface area contributed by atoms with E-state index in [0.29, 0.717) is 0 Å². The summed E-state index contributed by atoms with van der Waals surface area (Å²) in [5, 5.41) is 5.00. The van der Waals surface area contributed by atoms with Gasteiger partial charge in [0.1, 0.15) is 11.2 Å². The zero-order chi connectivity index (χ0) is 37.6. The van der Waals surface area contributed by atoms with E-state index in [1.165, 1.54) is 75.9 Å². The summed E-state index contributed by atoms with van der Waals surface area (Å²) in [6.07, 6.45) is 0. The molecular weight excluding hydrogens is 687 g/mol. The fraction of sp³-hybridized carbons (Fsp3) is 0.192. The van der Waals surface area contributed by atoms with Crippen LogP contribution in [0.4, 0.5) is 17.1 Å². The quantitative estimate of drug-likeness (QED) is 0.180. The van der Waals surface area contributed by atoms with Gasteiger partial charge in [0.2, 0.25) is 0 Å². The number of para-hydroxylation sites is 1. The highest BCUT2D eigenvalue weighted by Gasteiger charge is 2.41. The highest BCUT2D eigenvalue weighted by atomic mass is 32.1. The number of anilines is 3. The minimum absolute atomic E-state index is 0.0780. The van der Waals surface area contributed by atoms with E-state index in [1.54, 1.807) is 0 Å². The first kappa shape index (κ1) is 32.8. The number of benzene rings is 7.